The topological polar surface area (TPSA) is 71.7 Å². The second-order valence-corrected chi connectivity index (χ2v) is 6.10. The Bertz CT molecular complexity index is 716. The molecule has 2 aromatic rings. The number of ether oxygens (including phenoxy) is 1. The van der Waals surface area contributed by atoms with Crippen LogP contribution in [0.1, 0.15) is 35.5 Å². The fourth-order valence-electron chi connectivity index (χ4n) is 2.99. The van der Waals surface area contributed by atoms with Crippen molar-refractivity contribution in [2.24, 2.45) is 0 Å². The highest BCUT2D eigenvalue weighted by Crippen LogP contribution is 2.16. The van der Waals surface area contributed by atoms with Crippen LogP contribution in [-0.4, -0.2) is 58.7 Å². The lowest BCUT2D eigenvalue weighted by Crippen LogP contribution is -2.35. The average molecular weight is 344 g/mol. The van der Waals surface area contributed by atoms with Crippen molar-refractivity contribution in [2.75, 3.05) is 32.8 Å². The number of nitrogens with zero attached hydrogens (tertiary/aromatic N) is 4. The van der Waals surface area contributed by atoms with E-state index in [-0.39, 0.29) is 5.91 Å². The Morgan fingerprint density at radius 1 is 1.24 bits per heavy atom. The van der Waals surface area contributed by atoms with Crippen LogP contribution < -0.4 is 4.74 Å². The van der Waals surface area contributed by atoms with Crippen LogP contribution in [0.4, 0.5) is 0 Å². The number of aryl methyl sites for hydroxylation is 1. The predicted molar refractivity (Wildman–Crippen MR) is 92.4 cm³/mol. The molecule has 2 heterocycles. The van der Waals surface area contributed by atoms with E-state index in [4.69, 9.17) is 9.15 Å². The molecule has 0 radical (unpaired) electrons. The van der Waals surface area contributed by atoms with E-state index in [2.05, 4.69) is 15.1 Å². The van der Waals surface area contributed by atoms with Crippen molar-refractivity contribution in [3.63, 3.8) is 0 Å². The molecule has 7 heteroatoms. The summed E-state index contributed by atoms with van der Waals surface area (Å²) in [4.78, 5) is 16.9. The van der Waals surface area contributed by atoms with Gasteiger partial charge in [-0.3, -0.25) is 9.69 Å². The highest BCUT2D eigenvalue weighted by atomic mass is 16.5. The summed E-state index contributed by atoms with van der Waals surface area (Å²) in [7, 11) is 0. The molecule has 3 rings (SSSR count). The molecule has 0 spiro atoms. The minimum atomic E-state index is 0.0528. The lowest BCUT2D eigenvalue weighted by molar-refractivity contribution is 0.0760. The third-order valence-corrected chi connectivity index (χ3v) is 4.19. The van der Waals surface area contributed by atoms with E-state index in [9.17, 15) is 4.79 Å². The molecule has 1 saturated heterocycles. The Morgan fingerprint density at radius 2 is 2.12 bits per heavy atom. The maximum absolute atomic E-state index is 12.8. The van der Waals surface area contributed by atoms with Crippen molar-refractivity contribution in [3.05, 3.63) is 41.6 Å². The van der Waals surface area contributed by atoms with E-state index in [0.29, 0.717) is 37.0 Å². The Labute approximate surface area is 147 Å². The predicted octanol–water partition coefficient (Wildman–Crippen LogP) is 2.12. The molecule has 1 fully saturated rings. The van der Waals surface area contributed by atoms with Crippen LogP contribution in [0.25, 0.3) is 0 Å². The largest absolute Gasteiger partial charge is 0.494 e. The van der Waals surface area contributed by atoms with Gasteiger partial charge in [0.2, 0.25) is 11.8 Å². The van der Waals surface area contributed by atoms with Gasteiger partial charge in [0, 0.05) is 38.7 Å². The van der Waals surface area contributed by atoms with Gasteiger partial charge in [-0.15, -0.1) is 10.2 Å². The fourth-order valence-corrected chi connectivity index (χ4v) is 2.99. The number of hydrogen-bond donors (Lipinski definition) is 0. The molecule has 0 N–H and O–H groups in total. The number of carbonyl (C=O) groups excluding carboxylic acids is 1. The van der Waals surface area contributed by atoms with Gasteiger partial charge in [0.25, 0.3) is 5.91 Å². The number of benzene rings is 1. The van der Waals surface area contributed by atoms with E-state index < -0.39 is 0 Å². The number of rotatable bonds is 5. The van der Waals surface area contributed by atoms with Gasteiger partial charge >= 0.3 is 0 Å². The summed E-state index contributed by atoms with van der Waals surface area (Å²) >= 11 is 0. The van der Waals surface area contributed by atoms with Crippen LogP contribution in [0.3, 0.4) is 0 Å². The quantitative estimate of drug-likeness (QED) is 0.827. The van der Waals surface area contributed by atoms with Gasteiger partial charge in [-0.05, 0) is 31.5 Å². The summed E-state index contributed by atoms with van der Waals surface area (Å²) < 4.78 is 10.9. The normalized spacial score (nSPS) is 15.8. The monoisotopic (exact) mass is 344 g/mol. The number of aromatic nitrogens is 2. The van der Waals surface area contributed by atoms with Crippen molar-refractivity contribution in [3.8, 4) is 5.75 Å². The van der Waals surface area contributed by atoms with Gasteiger partial charge in [0.1, 0.15) is 5.75 Å². The van der Waals surface area contributed by atoms with E-state index in [0.717, 1.165) is 31.8 Å². The first-order chi connectivity index (χ1) is 12.2. The highest BCUT2D eigenvalue weighted by molar-refractivity contribution is 5.94. The van der Waals surface area contributed by atoms with Gasteiger partial charge in [-0.25, -0.2) is 0 Å². The molecule has 0 aliphatic carbocycles. The average Bonchev–Trinajstić information content (AvgIpc) is 2.88. The van der Waals surface area contributed by atoms with Crippen molar-refractivity contribution < 1.29 is 13.9 Å². The Hall–Kier alpha value is -2.41. The first kappa shape index (κ1) is 17.4. The second kappa shape index (κ2) is 8.11. The molecule has 0 unspecified atom stereocenters. The number of amides is 1. The zero-order valence-corrected chi connectivity index (χ0v) is 14.8. The third kappa shape index (κ3) is 4.57. The van der Waals surface area contributed by atoms with Crippen LogP contribution in [0.2, 0.25) is 0 Å². The molecule has 0 saturated carbocycles. The lowest BCUT2D eigenvalue weighted by atomic mass is 10.2. The molecule has 1 amide bonds. The van der Waals surface area contributed by atoms with Crippen molar-refractivity contribution in [2.45, 2.75) is 26.8 Å². The van der Waals surface area contributed by atoms with Crippen LogP contribution >= 0.6 is 0 Å². The Kier molecular flexibility index (Phi) is 5.65. The summed E-state index contributed by atoms with van der Waals surface area (Å²) in [6.07, 6.45) is 0.921. The Morgan fingerprint density at radius 3 is 2.88 bits per heavy atom. The van der Waals surface area contributed by atoms with E-state index >= 15 is 0 Å². The molecule has 1 aromatic heterocycles. The first-order valence-corrected chi connectivity index (χ1v) is 8.69. The Balaban J connectivity index is 1.60. The molecule has 0 atom stereocenters. The SMILES string of the molecule is CCOc1cccc(C(=O)N2CCCN(Cc3nnc(C)o3)CC2)c1. The molecule has 7 nitrogen and oxygen atoms in total. The summed E-state index contributed by atoms with van der Waals surface area (Å²) in [6.45, 7) is 8.07. The van der Waals surface area contributed by atoms with Crippen LogP contribution in [-0.2, 0) is 6.54 Å². The zero-order valence-electron chi connectivity index (χ0n) is 14.8. The van der Waals surface area contributed by atoms with Gasteiger partial charge in [0.15, 0.2) is 0 Å². The second-order valence-electron chi connectivity index (χ2n) is 6.10. The minimum absolute atomic E-state index is 0.0528. The molecule has 1 aliphatic heterocycles. The molecular formula is C18H24N4O3. The zero-order chi connectivity index (χ0) is 17.6. The fraction of sp³-hybridized carbons (Fsp3) is 0.500. The lowest BCUT2D eigenvalue weighted by Gasteiger charge is -2.21. The smallest absolute Gasteiger partial charge is 0.254 e. The van der Waals surface area contributed by atoms with Crippen LogP contribution in [0.15, 0.2) is 28.7 Å². The van der Waals surface area contributed by atoms with Gasteiger partial charge in [-0.2, -0.15) is 0 Å². The van der Waals surface area contributed by atoms with Gasteiger partial charge < -0.3 is 14.1 Å². The van der Waals surface area contributed by atoms with Crippen molar-refractivity contribution in [1.82, 2.24) is 20.0 Å². The van der Waals surface area contributed by atoms with Crippen LogP contribution in [0, 0.1) is 6.92 Å². The molecule has 1 aromatic carbocycles. The van der Waals surface area contributed by atoms with E-state index in [1.807, 2.05) is 36.1 Å². The minimum Gasteiger partial charge on any atom is -0.494 e. The van der Waals surface area contributed by atoms with Crippen LogP contribution in [0.5, 0.6) is 5.75 Å². The van der Waals surface area contributed by atoms with Gasteiger partial charge in [-0.1, -0.05) is 6.07 Å². The van der Waals surface area contributed by atoms with Gasteiger partial charge in [0.05, 0.1) is 13.2 Å². The molecule has 1 aliphatic rings. The summed E-state index contributed by atoms with van der Waals surface area (Å²) in [5, 5.41) is 7.91. The summed E-state index contributed by atoms with van der Waals surface area (Å²) in [5.41, 5.74) is 0.673. The maximum Gasteiger partial charge on any atom is 0.254 e. The maximum atomic E-state index is 12.8. The summed E-state index contributed by atoms with van der Waals surface area (Å²) in [5.74, 6) is 1.99. The van der Waals surface area contributed by atoms with E-state index in [1.54, 1.807) is 6.92 Å². The van der Waals surface area contributed by atoms with Crippen molar-refractivity contribution in [1.29, 1.82) is 0 Å². The molecule has 25 heavy (non-hydrogen) atoms. The molecular weight excluding hydrogens is 320 g/mol. The van der Waals surface area contributed by atoms with E-state index in [1.165, 1.54) is 0 Å². The molecule has 0 bridgehead atoms. The third-order valence-electron chi connectivity index (χ3n) is 4.19. The first-order valence-electron chi connectivity index (χ1n) is 8.69. The molecule has 134 valence electrons. The van der Waals surface area contributed by atoms with Crippen molar-refractivity contribution >= 4 is 5.91 Å². The number of carbonyl (C=O) groups is 1. The standard InChI is InChI=1S/C18H24N4O3/c1-3-24-16-7-4-6-15(12-16)18(23)22-9-5-8-21(10-11-22)13-17-20-19-14(2)25-17/h4,6-7,12H,3,5,8-11,13H2,1-2H3. The number of hydrogen-bond acceptors (Lipinski definition) is 6. The highest BCUT2D eigenvalue weighted by Gasteiger charge is 2.21. The summed E-state index contributed by atoms with van der Waals surface area (Å²) in [6, 6.07) is 7.39.